The first-order valence-corrected chi connectivity index (χ1v) is 10.7. The zero-order valence-electron chi connectivity index (χ0n) is 17.9. The molecule has 8 nitrogen and oxygen atoms in total. The van der Waals surface area contributed by atoms with Crippen molar-refractivity contribution in [1.29, 1.82) is 0 Å². The second-order valence-electron chi connectivity index (χ2n) is 8.63. The Hall–Kier alpha value is -2.61. The summed E-state index contributed by atoms with van der Waals surface area (Å²) in [5.74, 6) is 0.721. The van der Waals surface area contributed by atoms with Crippen LogP contribution in [0.3, 0.4) is 0 Å². The lowest BCUT2D eigenvalue weighted by Gasteiger charge is -2.32. The lowest BCUT2D eigenvalue weighted by molar-refractivity contribution is -0.121. The van der Waals surface area contributed by atoms with Crippen LogP contribution in [0.1, 0.15) is 32.6 Å². The maximum Gasteiger partial charge on any atom is 0.316 e. The van der Waals surface area contributed by atoms with Crippen molar-refractivity contribution in [3.63, 3.8) is 0 Å². The Balaban J connectivity index is 1.78. The van der Waals surface area contributed by atoms with Gasteiger partial charge in [-0.05, 0) is 43.7 Å². The molecule has 2 heterocycles. The lowest BCUT2D eigenvalue weighted by Crippen LogP contribution is -2.40. The SMILES string of the molecule is CC1CCC(C(=O)Nc2cc3c(cc2N2CCOCC2)n(C)c(=O)c(=O)n3C)CC1. The fourth-order valence-corrected chi connectivity index (χ4v) is 4.53. The van der Waals surface area contributed by atoms with Crippen molar-refractivity contribution in [1.82, 2.24) is 9.13 Å². The Morgan fingerprint density at radius 3 is 2.13 bits per heavy atom. The predicted octanol–water partition coefficient (Wildman–Crippen LogP) is 1.84. The fourth-order valence-electron chi connectivity index (χ4n) is 4.53. The number of carbonyl (C=O) groups is 1. The highest BCUT2D eigenvalue weighted by molar-refractivity contribution is 5.99. The van der Waals surface area contributed by atoms with Crippen molar-refractivity contribution < 1.29 is 9.53 Å². The van der Waals surface area contributed by atoms with Crippen LogP contribution < -0.4 is 21.3 Å². The summed E-state index contributed by atoms with van der Waals surface area (Å²) in [6.07, 6.45) is 3.95. The van der Waals surface area contributed by atoms with Gasteiger partial charge < -0.3 is 24.1 Å². The number of nitrogens with one attached hydrogen (secondary N) is 1. The van der Waals surface area contributed by atoms with Gasteiger partial charge in [-0.2, -0.15) is 0 Å². The van der Waals surface area contributed by atoms with E-state index in [4.69, 9.17) is 4.74 Å². The molecule has 0 radical (unpaired) electrons. The largest absolute Gasteiger partial charge is 0.378 e. The molecule has 1 aromatic carbocycles. The van der Waals surface area contributed by atoms with Gasteiger partial charge in [0.05, 0.1) is 35.6 Å². The Kier molecular flexibility index (Phi) is 5.69. The van der Waals surface area contributed by atoms with Crippen molar-refractivity contribution >= 4 is 28.3 Å². The summed E-state index contributed by atoms with van der Waals surface area (Å²) < 4.78 is 8.23. The molecule has 1 saturated carbocycles. The molecule has 162 valence electrons. The summed E-state index contributed by atoms with van der Waals surface area (Å²) in [6, 6.07) is 3.73. The van der Waals surface area contributed by atoms with Crippen LogP contribution in [0.4, 0.5) is 11.4 Å². The molecular formula is C22H30N4O4. The monoisotopic (exact) mass is 414 g/mol. The van der Waals surface area contributed by atoms with Gasteiger partial charge in [0.2, 0.25) is 5.91 Å². The predicted molar refractivity (Wildman–Crippen MR) is 117 cm³/mol. The summed E-state index contributed by atoms with van der Waals surface area (Å²) in [6.45, 7) is 4.86. The maximum atomic E-state index is 13.0. The van der Waals surface area contributed by atoms with Crippen molar-refractivity contribution in [3.8, 4) is 0 Å². The average Bonchev–Trinajstić information content (AvgIpc) is 2.77. The Morgan fingerprint density at radius 2 is 1.53 bits per heavy atom. The molecule has 2 aromatic rings. The molecule has 2 aliphatic rings. The quantitative estimate of drug-likeness (QED) is 0.775. The molecule has 0 unspecified atom stereocenters. The fraction of sp³-hybridized carbons (Fsp3) is 0.591. The summed E-state index contributed by atoms with van der Waals surface area (Å²) >= 11 is 0. The van der Waals surface area contributed by atoms with Gasteiger partial charge in [-0.3, -0.25) is 14.4 Å². The Bertz CT molecular complexity index is 1070. The molecule has 1 aliphatic heterocycles. The third kappa shape index (κ3) is 3.76. The van der Waals surface area contributed by atoms with Crippen molar-refractivity contribution in [2.75, 3.05) is 36.5 Å². The van der Waals surface area contributed by atoms with Crippen molar-refractivity contribution in [3.05, 3.63) is 32.8 Å². The molecule has 0 spiro atoms. The van der Waals surface area contributed by atoms with Gasteiger partial charge in [0.15, 0.2) is 0 Å². The minimum Gasteiger partial charge on any atom is -0.378 e. The van der Waals surface area contributed by atoms with E-state index in [0.29, 0.717) is 48.9 Å². The third-order valence-corrected chi connectivity index (χ3v) is 6.60. The standard InChI is InChI=1S/C22H30N4O4/c1-14-4-6-15(7-5-14)20(27)23-16-12-18-19(25(3)22(29)21(28)24(18)2)13-17(16)26-8-10-30-11-9-26/h12-15H,4-11H2,1-3H3,(H,23,27). The summed E-state index contributed by atoms with van der Waals surface area (Å²) in [4.78, 5) is 39.8. The molecule has 8 heteroatoms. The number of anilines is 2. The van der Waals surface area contributed by atoms with Crippen LogP contribution in [-0.2, 0) is 23.6 Å². The number of morpholine rings is 1. The molecule has 1 amide bonds. The minimum atomic E-state index is -0.581. The number of aryl methyl sites for hydroxylation is 2. The van der Waals surface area contributed by atoms with E-state index in [1.54, 1.807) is 14.1 Å². The van der Waals surface area contributed by atoms with E-state index in [1.807, 2.05) is 12.1 Å². The number of ether oxygens (including phenoxy) is 1. The molecule has 2 fully saturated rings. The molecule has 1 aromatic heterocycles. The van der Waals surface area contributed by atoms with E-state index in [9.17, 15) is 14.4 Å². The van der Waals surface area contributed by atoms with E-state index in [1.165, 1.54) is 9.13 Å². The van der Waals surface area contributed by atoms with E-state index in [-0.39, 0.29) is 11.8 Å². The van der Waals surface area contributed by atoms with Gasteiger partial charge in [-0.25, -0.2) is 0 Å². The number of carbonyl (C=O) groups excluding carboxylic acids is 1. The highest BCUT2D eigenvalue weighted by atomic mass is 16.5. The minimum absolute atomic E-state index is 0.0124. The van der Waals surface area contributed by atoms with Crippen LogP contribution >= 0.6 is 0 Å². The van der Waals surface area contributed by atoms with Gasteiger partial charge in [-0.15, -0.1) is 0 Å². The normalized spacial score (nSPS) is 22.3. The summed E-state index contributed by atoms with van der Waals surface area (Å²) in [5.41, 5.74) is 1.67. The molecule has 1 N–H and O–H groups in total. The van der Waals surface area contributed by atoms with Gasteiger partial charge in [-0.1, -0.05) is 6.92 Å². The van der Waals surface area contributed by atoms with Crippen molar-refractivity contribution in [2.45, 2.75) is 32.6 Å². The highest BCUT2D eigenvalue weighted by Gasteiger charge is 2.26. The van der Waals surface area contributed by atoms with Crippen LogP contribution in [0, 0.1) is 11.8 Å². The average molecular weight is 415 g/mol. The molecule has 4 rings (SSSR count). The zero-order chi connectivity index (χ0) is 21.4. The number of benzene rings is 1. The topological polar surface area (TPSA) is 85.6 Å². The smallest absolute Gasteiger partial charge is 0.316 e. The van der Waals surface area contributed by atoms with Crippen LogP contribution in [0.2, 0.25) is 0 Å². The van der Waals surface area contributed by atoms with Gasteiger partial charge in [0.25, 0.3) is 0 Å². The second-order valence-corrected chi connectivity index (χ2v) is 8.63. The summed E-state index contributed by atoms with van der Waals surface area (Å²) in [7, 11) is 3.20. The molecular weight excluding hydrogens is 384 g/mol. The van der Waals surface area contributed by atoms with Gasteiger partial charge in [0.1, 0.15) is 0 Å². The van der Waals surface area contributed by atoms with Crippen molar-refractivity contribution in [2.24, 2.45) is 25.9 Å². The first-order valence-electron chi connectivity index (χ1n) is 10.7. The highest BCUT2D eigenvalue weighted by Crippen LogP contribution is 2.34. The van der Waals surface area contributed by atoms with Crippen LogP contribution in [-0.4, -0.2) is 41.3 Å². The first-order chi connectivity index (χ1) is 14.4. The molecule has 30 heavy (non-hydrogen) atoms. The zero-order valence-corrected chi connectivity index (χ0v) is 17.9. The van der Waals surface area contributed by atoms with Crippen LogP contribution in [0.5, 0.6) is 0 Å². The number of fused-ring (bicyclic) bond motifs is 1. The number of rotatable bonds is 3. The molecule has 1 aliphatic carbocycles. The number of nitrogens with zero attached hydrogens (tertiary/aromatic N) is 3. The first kappa shape index (κ1) is 20.7. The van der Waals surface area contributed by atoms with Gasteiger partial charge in [0, 0.05) is 33.1 Å². The number of amides is 1. The summed E-state index contributed by atoms with van der Waals surface area (Å²) in [5, 5.41) is 3.14. The van der Waals surface area contributed by atoms with E-state index >= 15 is 0 Å². The molecule has 1 saturated heterocycles. The Morgan fingerprint density at radius 1 is 0.967 bits per heavy atom. The number of aromatic nitrogens is 2. The van der Waals surface area contributed by atoms with E-state index in [2.05, 4.69) is 17.1 Å². The van der Waals surface area contributed by atoms with Gasteiger partial charge >= 0.3 is 11.1 Å². The second kappa shape index (κ2) is 8.26. The maximum absolute atomic E-state index is 13.0. The number of hydrogen-bond donors (Lipinski definition) is 1. The van der Waals surface area contributed by atoms with Crippen LogP contribution in [0.15, 0.2) is 21.7 Å². The van der Waals surface area contributed by atoms with Crippen LogP contribution in [0.25, 0.3) is 11.0 Å². The molecule has 0 atom stereocenters. The number of hydrogen-bond acceptors (Lipinski definition) is 5. The Labute approximate surface area is 175 Å². The van der Waals surface area contributed by atoms with E-state index < -0.39 is 11.1 Å². The van der Waals surface area contributed by atoms with E-state index in [0.717, 1.165) is 31.4 Å². The third-order valence-electron chi connectivity index (χ3n) is 6.60. The lowest BCUT2D eigenvalue weighted by atomic mass is 9.82. The molecule has 0 bridgehead atoms.